The van der Waals surface area contributed by atoms with Crippen LogP contribution in [-0.4, -0.2) is 0 Å². The highest BCUT2D eigenvalue weighted by molar-refractivity contribution is 6.30. The van der Waals surface area contributed by atoms with Crippen LogP contribution in [0.1, 0.15) is 29.2 Å². The minimum atomic E-state index is 0.282. The van der Waals surface area contributed by atoms with Crippen LogP contribution >= 0.6 is 11.6 Å². The normalized spacial score (nSPS) is 16.7. The number of nitrogens with zero attached hydrogens (tertiary/aromatic N) is 1. The third kappa shape index (κ3) is 2.30. The number of hydrogen-bond acceptors (Lipinski definition) is 2. The van der Waals surface area contributed by atoms with Gasteiger partial charge in [0.2, 0.25) is 0 Å². The molecule has 1 aliphatic rings. The molecule has 0 spiro atoms. The molecule has 3 heteroatoms. The summed E-state index contributed by atoms with van der Waals surface area (Å²) in [5.74, 6) is 0. The van der Waals surface area contributed by atoms with Gasteiger partial charge in [-0.25, -0.2) is 0 Å². The van der Waals surface area contributed by atoms with Crippen molar-refractivity contribution < 1.29 is 0 Å². The van der Waals surface area contributed by atoms with Crippen molar-refractivity contribution in [3.8, 4) is 6.07 Å². The van der Waals surface area contributed by atoms with Crippen molar-refractivity contribution in [2.45, 2.75) is 18.9 Å². The van der Waals surface area contributed by atoms with Crippen LogP contribution in [-0.2, 0) is 6.42 Å². The van der Waals surface area contributed by atoms with E-state index in [1.807, 2.05) is 12.1 Å². The van der Waals surface area contributed by atoms with Gasteiger partial charge in [-0.05, 0) is 42.2 Å². The van der Waals surface area contributed by atoms with E-state index in [0.717, 1.165) is 18.5 Å². The summed E-state index contributed by atoms with van der Waals surface area (Å²) < 4.78 is 0. The summed E-state index contributed by atoms with van der Waals surface area (Å²) in [5, 5.41) is 13.2. The Morgan fingerprint density at radius 1 is 1.21 bits per heavy atom. The van der Waals surface area contributed by atoms with E-state index in [1.165, 1.54) is 11.1 Å². The Hall–Kier alpha value is -1.98. The number of nitrogens with one attached hydrogen (secondary N) is 1. The molecule has 3 rings (SSSR count). The van der Waals surface area contributed by atoms with Crippen LogP contribution < -0.4 is 5.32 Å². The fourth-order valence-electron chi connectivity index (χ4n) is 2.63. The number of halogens is 1. The second-order valence-electron chi connectivity index (χ2n) is 4.74. The van der Waals surface area contributed by atoms with Gasteiger partial charge in [-0.15, -0.1) is 0 Å². The zero-order valence-electron chi connectivity index (χ0n) is 10.4. The van der Waals surface area contributed by atoms with E-state index >= 15 is 0 Å². The third-order valence-electron chi connectivity index (χ3n) is 3.56. The molecular formula is C16H13ClN2. The zero-order chi connectivity index (χ0) is 13.2. The van der Waals surface area contributed by atoms with Gasteiger partial charge in [0.15, 0.2) is 0 Å². The Morgan fingerprint density at radius 3 is 2.89 bits per heavy atom. The van der Waals surface area contributed by atoms with Crippen molar-refractivity contribution in [3.05, 3.63) is 64.2 Å². The van der Waals surface area contributed by atoms with Crippen LogP contribution in [0.2, 0.25) is 5.02 Å². The number of rotatable bonds is 2. The summed E-state index contributed by atoms with van der Waals surface area (Å²) >= 11 is 5.91. The van der Waals surface area contributed by atoms with Crippen molar-refractivity contribution in [1.29, 1.82) is 5.26 Å². The number of aryl methyl sites for hydroxylation is 1. The van der Waals surface area contributed by atoms with Gasteiger partial charge in [0, 0.05) is 5.02 Å². The summed E-state index contributed by atoms with van der Waals surface area (Å²) in [4.78, 5) is 0. The van der Waals surface area contributed by atoms with Gasteiger partial charge in [0.25, 0.3) is 0 Å². The van der Waals surface area contributed by atoms with Gasteiger partial charge in [-0.2, -0.15) is 5.26 Å². The van der Waals surface area contributed by atoms with Crippen molar-refractivity contribution in [2.75, 3.05) is 5.32 Å². The van der Waals surface area contributed by atoms with Crippen LogP contribution in [0.5, 0.6) is 0 Å². The molecule has 0 aliphatic heterocycles. The summed E-state index contributed by atoms with van der Waals surface area (Å²) in [6, 6.07) is 16.3. The summed E-state index contributed by atoms with van der Waals surface area (Å²) in [7, 11) is 0. The first-order valence-corrected chi connectivity index (χ1v) is 6.70. The number of anilines is 1. The first kappa shape index (κ1) is 12.1. The number of fused-ring (bicyclic) bond motifs is 1. The van der Waals surface area contributed by atoms with Crippen LogP contribution in [0, 0.1) is 11.3 Å². The molecule has 0 saturated heterocycles. The molecule has 0 heterocycles. The van der Waals surface area contributed by atoms with E-state index in [9.17, 15) is 0 Å². The molecule has 0 amide bonds. The fourth-order valence-corrected chi connectivity index (χ4v) is 2.80. The molecule has 0 fully saturated rings. The lowest BCUT2D eigenvalue weighted by Gasteiger charge is -2.16. The predicted octanol–water partition coefficient (Wildman–Crippen LogP) is 4.31. The molecule has 0 bridgehead atoms. The average Bonchev–Trinajstić information content (AvgIpc) is 2.84. The third-order valence-corrected chi connectivity index (χ3v) is 3.80. The quantitative estimate of drug-likeness (QED) is 0.881. The Bertz CT molecular complexity index is 658. The highest BCUT2D eigenvalue weighted by Crippen LogP contribution is 2.34. The highest BCUT2D eigenvalue weighted by Gasteiger charge is 2.22. The summed E-state index contributed by atoms with van der Waals surface area (Å²) in [5.41, 5.74) is 4.18. The van der Waals surface area contributed by atoms with E-state index in [0.29, 0.717) is 10.6 Å². The Morgan fingerprint density at radius 2 is 2.05 bits per heavy atom. The molecule has 2 aromatic rings. The summed E-state index contributed by atoms with van der Waals surface area (Å²) in [6.45, 7) is 0. The second-order valence-corrected chi connectivity index (χ2v) is 5.17. The van der Waals surface area contributed by atoms with Gasteiger partial charge in [-0.3, -0.25) is 0 Å². The van der Waals surface area contributed by atoms with Crippen molar-refractivity contribution in [2.24, 2.45) is 0 Å². The fraction of sp³-hybridized carbons (Fsp3) is 0.188. The van der Waals surface area contributed by atoms with E-state index in [2.05, 4.69) is 35.7 Å². The van der Waals surface area contributed by atoms with Gasteiger partial charge in [-0.1, -0.05) is 35.9 Å². The molecule has 1 N–H and O–H groups in total. The van der Waals surface area contributed by atoms with Crippen LogP contribution in [0.25, 0.3) is 0 Å². The molecule has 0 aromatic heterocycles. The molecule has 1 aliphatic carbocycles. The monoisotopic (exact) mass is 268 g/mol. The van der Waals surface area contributed by atoms with Gasteiger partial charge in [0.1, 0.15) is 6.07 Å². The van der Waals surface area contributed by atoms with Gasteiger partial charge in [0.05, 0.1) is 17.3 Å². The number of benzene rings is 2. The van der Waals surface area contributed by atoms with E-state index in [1.54, 1.807) is 6.07 Å². The zero-order valence-corrected chi connectivity index (χ0v) is 11.1. The average molecular weight is 269 g/mol. The lowest BCUT2D eigenvalue weighted by molar-refractivity contribution is 0.762. The van der Waals surface area contributed by atoms with Gasteiger partial charge < -0.3 is 5.32 Å². The molecule has 1 unspecified atom stereocenters. The highest BCUT2D eigenvalue weighted by atomic mass is 35.5. The molecule has 0 radical (unpaired) electrons. The first-order valence-electron chi connectivity index (χ1n) is 6.32. The molecule has 0 saturated carbocycles. The summed E-state index contributed by atoms with van der Waals surface area (Å²) in [6.07, 6.45) is 2.15. The lowest BCUT2D eigenvalue weighted by atomic mass is 10.1. The van der Waals surface area contributed by atoms with Crippen LogP contribution in [0.3, 0.4) is 0 Å². The predicted molar refractivity (Wildman–Crippen MR) is 77.3 cm³/mol. The lowest BCUT2D eigenvalue weighted by Crippen LogP contribution is -2.08. The standard InChI is InChI=1S/C16H13ClN2/c17-13-6-8-15(12(9-13)10-18)19-16-7-5-11-3-1-2-4-14(11)16/h1-4,6,8-9,16,19H,5,7H2. The minimum absolute atomic E-state index is 0.282. The molecule has 19 heavy (non-hydrogen) atoms. The Labute approximate surface area is 117 Å². The van der Waals surface area contributed by atoms with Crippen LogP contribution in [0.4, 0.5) is 5.69 Å². The first-order chi connectivity index (χ1) is 9.28. The molecule has 94 valence electrons. The Kier molecular flexibility index (Phi) is 3.15. The van der Waals surface area contributed by atoms with Gasteiger partial charge >= 0.3 is 0 Å². The molecule has 2 nitrogen and oxygen atoms in total. The topological polar surface area (TPSA) is 35.8 Å². The molecule has 1 atom stereocenters. The number of nitriles is 1. The number of hydrogen-bond donors (Lipinski definition) is 1. The minimum Gasteiger partial charge on any atom is -0.377 e. The molecular weight excluding hydrogens is 256 g/mol. The van der Waals surface area contributed by atoms with Crippen molar-refractivity contribution in [1.82, 2.24) is 0 Å². The van der Waals surface area contributed by atoms with E-state index in [4.69, 9.17) is 16.9 Å². The second kappa shape index (κ2) is 4.95. The maximum atomic E-state index is 9.16. The molecule has 2 aromatic carbocycles. The maximum absolute atomic E-state index is 9.16. The SMILES string of the molecule is N#Cc1cc(Cl)ccc1NC1CCc2ccccc21. The Balaban J connectivity index is 1.90. The smallest absolute Gasteiger partial charge is 0.101 e. The van der Waals surface area contributed by atoms with Crippen LogP contribution in [0.15, 0.2) is 42.5 Å². The van der Waals surface area contributed by atoms with E-state index < -0.39 is 0 Å². The van der Waals surface area contributed by atoms with E-state index in [-0.39, 0.29) is 6.04 Å². The maximum Gasteiger partial charge on any atom is 0.101 e. The van der Waals surface area contributed by atoms with Crippen molar-refractivity contribution in [3.63, 3.8) is 0 Å². The largest absolute Gasteiger partial charge is 0.377 e. The van der Waals surface area contributed by atoms with Crippen molar-refractivity contribution >= 4 is 17.3 Å².